The van der Waals surface area contributed by atoms with Gasteiger partial charge in [0.25, 0.3) is 0 Å². The fourth-order valence-corrected chi connectivity index (χ4v) is 1.35. The van der Waals surface area contributed by atoms with Crippen LogP contribution in [0.2, 0.25) is 0 Å². The van der Waals surface area contributed by atoms with Gasteiger partial charge in [0, 0.05) is 13.1 Å². The Labute approximate surface area is 116 Å². The molecule has 7 heteroatoms. The van der Waals surface area contributed by atoms with Crippen LogP contribution in [-0.2, 0) is 0 Å². The van der Waals surface area contributed by atoms with Gasteiger partial charge in [-0.25, -0.2) is 4.79 Å². The lowest BCUT2D eigenvalue weighted by Gasteiger charge is -2.18. The Morgan fingerprint density at radius 3 is 1.94 bits per heavy atom. The number of amides is 1. The van der Waals surface area contributed by atoms with Crippen LogP contribution in [0.25, 0.3) is 0 Å². The molecule has 0 aromatic heterocycles. The Morgan fingerprint density at radius 1 is 1.00 bits per heavy atom. The highest BCUT2D eigenvalue weighted by Crippen LogP contribution is 1.97. The maximum Gasteiger partial charge on any atom is 0.407 e. The summed E-state index contributed by atoms with van der Waals surface area (Å²) in [6.45, 7) is 3.07. The molecule has 0 aliphatic carbocycles. The highest BCUT2D eigenvalue weighted by Gasteiger charge is 2.09. The maximum atomic E-state index is 10.8. The van der Waals surface area contributed by atoms with Crippen molar-refractivity contribution in [1.29, 1.82) is 0 Å². The summed E-state index contributed by atoms with van der Waals surface area (Å²) in [5.41, 5.74) is 0. The van der Waals surface area contributed by atoms with Crippen molar-refractivity contribution in [3.63, 3.8) is 0 Å². The monoisotopic (exact) mass is 289 g/mol. The summed E-state index contributed by atoms with van der Waals surface area (Å²) in [6, 6.07) is 0. The lowest BCUT2D eigenvalue weighted by atomic mass is 10.3. The van der Waals surface area contributed by atoms with E-state index in [-0.39, 0.29) is 24.8 Å². The van der Waals surface area contributed by atoms with Crippen LogP contribution in [0.4, 0.5) is 4.79 Å². The molecule has 0 atom stereocenters. The zero-order valence-electron chi connectivity index (χ0n) is 10.6. The summed E-state index contributed by atoms with van der Waals surface area (Å²) in [7, 11) is 3.78. The number of unbranched alkanes of at least 4 members (excludes halogenated alkanes) is 1. The van der Waals surface area contributed by atoms with Crippen molar-refractivity contribution in [3.8, 4) is 0 Å². The van der Waals surface area contributed by atoms with Gasteiger partial charge in [0.2, 0.25) is 0 Å². The molecule has 17 heavy (non-hydrogen) atoms. The summed E-state index contributed by atoms with van der Waals surface area (Å²) >= 11 is 0. The number of nitrogens with zero attached hydrogens (tertiary/aromatic N) is 1. The first-order valence-electron chi connectivity index (χ1n) is 5.49. The molecule has 0 spiro atoms. The first kappa shape index (κ1) is 22.0. The minimum atomic E-state index is -0.810. The fourth-order valence-electron chi connectivity index (χ4n) is 1.35. The number of carboxylic acid groups (broad SMARTS) is 1. The summed E-state index contributed by atoms with van der Waals surface area (Å²) in [4.78, 5) is 12.3. The van der Waals surface area contributed by atoms with Crippen LogP contribution in [0, 0.1) is 0 Å². The quantitative estimate of drug-likeness (QED) is 0.562. The van der Waals surface area contributed by atoms with Gasteiger partial charge in [-0.15, -0.1) is 24.8 Å². The second-order valence-electron chi connectivity index (χ2n) is 3.54. The van der Waals surface area contributed by atoms with Crippen molar-refractivity contribution in [2.45, 2.75) is 19.3 Å². The highest BCUT2D eigenvalue weighted by atomic mass is 35.5. The normalized spacial score (nSPS) is 9.06. The number of nitrogens with one attached hydrogen (secondary N) is 2. The second-order valence-corrected chi connectivity index (χ2v) is 3.54. The first-order valence-corrected chi connectivity index (χ1v) is 5.49. The number of rotatable bonds is 9. The molecule has 0 aliphatic rings. The van der Waals surface area contributed by atoms with E-state index in [1.807, 2.05) is 14.1 Å². The van der Waals surface area contributed by atoms with Crippen LogP contribution < -0.4 is 10.6 Å². The fraction of sp³-hybridized carbons (Fsp3) is 0.900. The molecular weight excluding hydrogens is 265 g/mol. The van der Waals surface area contributed by atoms with Crippen molar-refractivity contribution in [1.82, 2.24) is 15.5 Å². The van der Waals surface area contributed by atoms with E-state index in [1.54, 1.807) is 0 Å². The van der Waals surface area contributed by atoms with E-state index in [4.69, 9.17) is 5.11 Å². The molecule has 0 bridgehead atoms. The van der Waals surface area contributed by atoms with E-state index in [9.17, 15) is 4.79 Å². The molecular formula is C10H25Cl2N3O2. The molecule has 0 aromatic rings. The average Bonchev–Trinajstić information content (AvgIpc) is 2.21. The second kappa shape index (κ2) is 15.8. The Morgan fingerprint density at radius 2 is 1.47 bits per heavy atom. The average molecular weight is 290 g/mol. The number of halogens is 2. The topological polar surface area (TPSA) is 64.6 Å². The van der Waals surface area contributed by atoms with Crippen LogP contribution in [0.3, 0.4) is 0 Å². The molecule has 0 aromatic carbocycles. The van der Waals surface area contributed by atoms with Gasteiger partial charge >= 0.3 is 6.09 Å². The van der Waals surface area contributed by atoms with E-state index < -0.39 is 6.09 Å². The minimum Gasteiger partial charge on any atom is -0.465 e. The van der Waals surface area contributed by atoms with Crippen molar-refractivity contribution in [2.75, 3.05) is 40.3 Å². The van der Waals surface area contributed by atoms with E-state index in [1.165, 1.54) is 4.90 Å². The molecule has 0 heterocycles. The molecule has 5 nitrogen and oxygen atoms in total. The zero-order valence-corrected chi connectivity index (χ0v) is 12.2. The van der Waals surface area contributed by atoms with Crippen LogP contribution in [-0.4, -0.2) is 56.4 Å². The van der Waals surface area contributed by atoms with E-state index in [2.05, 4.69) is 10.6 Å². The third kappa shape index (κ3) is 13.7. The maximum absolute atomic E-state index is 10.8. The summed E-state index contributed by atoms with van der Waals surface area (Å²) in [5.74, 6) is 0. The van der Waals surface area contributed by atoms with Crippen molar-refractivity contribution in [3.05, 3.63) is 0 Å². The third-order valence-corrected chi connectivity index (χ3v) is 2.23. The summed E-state index contributed by atoms with van der Waals surface area (Å²) in [5, 5.41) is 15.0. The van der Waals surface area contributed by atoms with Gasteiger partial charge in [0.05, 0.1) is 0 Å². The van der Waals surface area contributed by atoms with Gasteiger partial charge in [-0.2, -0.15) is 0 Å². The number of carbonyl (C=O) groups is 1. The zero-order chi connectivity index (χ0) is 11.5. The largest absolute Gasteiger partial charge is 0.465 e. The Kier molecular flexibility index (Phi) is 20.4. The van der Waals surface area contributed by atoms with E-state index in [0.29, 0.717) is 13.1 Å². The third-order valence-electron chi connectivity index (χ3n) is 2.23. The molecule has 0 saturated heterocycles. The molecule has 0 unspecified atom stereocenters. The summed E-state index contributed by atoms with van der Waals surface area (Å²) in [6.07, 6.45) is 2.00. The summed E-state index contributed by atoms with van der Waals surface area (Å²) < 4.78 is 0. The van der Waals surface area contributed by atoms with Gasteiger partial charge in [-0.05, 0) is 46.4 Å². The molecule has 0 radical (unpaired) electrons. The molecule has 0 aliphatic heterocycles. The molecule has 0 fully saturated rings. The molecule has 0 rings (SSSR count). The van der Waals surface area contributed by atoms with Gasteiger partial charge in [-0.3, -0.25) is 0 Å². The molecule has 0 saturated carbocycles. The predicted molar refractivity (Wildman–Crippen MR) is 75.8 cm³/mol. The van der Waals surface area contributed by atoms with E-state index in [0.717, 1.165) is 32.4 Å². The van der Waals surface area contributed by atoms with Gasteiger partial charge < -0.3 is 20.6 Å². The molecule has 106 valence electrons. The van der Waals surface area contributed by atoms with Crippen LogP contribution >= 0.6 is 24.8 Å². The predicted octanol–water partition coefficient (Wildman–Crippen LogP) is 1.42. The van der Waals surface area contributed by atoms with E-state index >= 15 is 0 Å². The lowest BCUT2D eigenvalue weighted by molar-refractivity contribution is 0.143. The van der Waals surface area contributed by atoms with Crippen molar-refractivity contribution >= 4 is 30.9 Å². The van der Waals surface area contributed by atoms with Crippen LogP contribution in [0.5, 0.6) is 0 Å². The van der Waals surface area contributed by atoms with Gasteiger partial charge in [0.15, 0.2) is 0 Å². The Bertz CT molecular complexity index is 174. The lowest BCUT2D eigenvalue weighted by Crippen LogP contribution is -2.33. The van der Waals surface area contributed by atoms with Gasteiger partial charge in [-0.1, -0.05) is 0 Å². The molecule has 1 amide bonds. The first-order chi connectivity index (χ1) is 7.22. The highest BCUT2D eigenvalue weighted by molar-refractivity contribution is 5.85. The SMILES string of the molecule is CNCCCCN(CCCNC)C(=O)O.Cl.Cl. The minimum absolute atomic E-state index is 0. The standard InChI is InChI=1S/C10H23N3O2.2ClH/c1-11-6-3-4-8-13(10(14)15)9-5-7-12-2;;/h11-12H,3-9H2,1-2H3,(H,14,15);2*1H. The van der Waals surface area contributed by atoms with Crippen molar-refractivity contribution in [2.24, 2.45) is 0 Å². The Hall–Kier alpha value is -0.230. The van der Waals surface area contributed by atoms with Crippen LogP contribution in [0.15, 0.2) is 0 Å². The number of hydrogen-bond acceptors (Lipinski definition) is 3. The number of hydrogen-bond donors (Lipinski definition) is 3. The van der Waals surface area contributed by atoms with Gasteiger partial charge in [0.1, 0.15) is 0 Å². The van der Waals surface area contributed by atoms with Crippen molar-refractivity contribution < 1.29 is 9.90 Å². The Balaban J connectivity index is -0.000000980. The molecule has 3 N–H and O–H groups in total. The van der Waals surface area contributed by atoms with Crippen LogP contribution in [0.1, 0.15) is 19.3 Å². The smallest absolute Gasteiger partial charge is 0.407 e.